The van der Waals surface area contributed by atoms with Crippen LogP contribution in [0.4, 0.5) is 14.6 Å². The standard InChI is InChI=1S/C25H26ClF2N5O3/c26-22-18(19(27)5-6-20(22)28)7-12-36-25-23(29)31-15-21(32-25)16-1-3-17(4-2-16)24(34)30-8-9-33-10-13-35-14-11-33/h1-6,15H,7-14H2,(H2,29,31)(H,30,34). The Morgan fingerprint density at radius 2 is 1.86 bits per heavy atom. The van der Waals surface area contributed by atoms with Crippen LogP contribution in [0.5, 0.6) is 5.88 Å². The molecule has 3 aromatic rings. The van der Waals surface area contributed by atoms with E-state index in [9.17, 15) is 13.6 Å². The molecule has 0 atom stereocenters. The number of nitrogens with zero attached hydrogens (tertiary/aromatic N) is 3. The lowest BCUT2D eigenvalue weighted by atomic mass is 10.1. The van der Waals surface area contributed by atoms with E-state index in [-0.39, 0.29) is 41.2 Å². The van der Waals surface area contributed by atoms with Crippen LogP contribution in [0.15, 0.2) is 42.6 Å². The molecule has 0 radical (unpaired) electrons. The molecule has 1 saturated heterocycles. The van der Waals surface area contributed by atoms with Crippen molar-refractivity contribution < 1.29 is 23.0 Å². The van der Waals surface area contributed by atoms with Crippen LogP contribution in [0.3, 0.4) is 0 Å². The number of benzene rings is 2. The van der Waals surface area contributed by atoms with E-state index in [2.05, 4.69) is 20.2 Å². The first kappa shape index (κ1) is 25.7. The highest BCUT2D eigenvalue weighted by atomic mass is 35.5. The van der Waals surface area contributed by atoms with Crippen LogP contribution in [0.25, 0.3) is 11.3 Å². The Hall–Kier alpha value is -3.34. The zero-order chi connectivity index (χ0) is 25.5. The maximum atomic E-state index is 14.0. The molecule has 1 aliphatic heterocycles. The number of morpholine rings is 1. The van der Waals surface area contributed by atoms with Gasteiger partial charge in [0.1, 0.15) is 11.6 Å². The Labute approximate surface area is 212 Å². The highest BCUT2D eigenvalue weighted by Crippen LogP contribution is 2.25. The Morgan fingerprint density at radius 1 is 1.14 bits per heavy atom. The number of aromatic nitrogens is 2. The molecule has 36 heavy (non-hydrogen) atoms. The lowest BCUT2D eigenvalue weighted by Gasteiger charge is -2.26. The van der Waals surface area contributed by atoms with Gasteiger partial charge in [-0.05, 0) is 24.3 Å². The van der Waals surface area contributed by atoms with E-state index in [0.717, 1.165) is 45.0 Å². The zero-order valence-corrected chi connectivity index (χ0v) is 20.2. The Kier molecular flexibility index (Phi) is 8.63. The lowest BCUT2D eigenvalue weighted by Crippen LogP contribution is -2.41. The van der Waals surface area contributed by atoms with Crippen LogP contribution in [0, 0.1) is 11.6 Å². The summed E-state index contributed by atoms with van der Waals surface area (Å²) in [6.45, 7) is 4.46. The molecule has 11 heteroatoms. The molecule has 0 bridgehead atoms. The molecule has 1 amide bonds. The van der Waals surface area contributed by atoms with Crippen molar-refractivity contribution in [1.29, 1.82) is 0 Å². The summed E-state index contributed by atoms with van der Waals surface area (Å²) in [5, 5.41) is 2.64. The number of hydrogen-bond donors (Lipinski definition) is 2. The number of nitrogen functional groups attached to an aromatic ring is 1. The number of nitrogens with two attached hydrogens (primary N) is 1. The number of amides is 1. The fraction of sp³-hybridized carbons (Fsp3) is 0.320. The van der Waals surface area contributed by atoms with Gasteiger partial charge in [-0.25, -0.2) is 18.7 Å². The predicted molar refractivity (Wildman–Crippen MR) is 132 cm³/mol. The summed E-state index contributed by atoms with van der Waals surface area (Å²) in [4.78, 5) is 23.2. The van der Waals surface area contributed by atoms with Crippen LogP contribution in [0.2, 0.25) is 5.02 Å². The van der Waals surface area contributed by atoms with Gasteiger partial charge in [0.2, 0.25) is 0 Å². The summed E-state index contributed by atoms with van der Waals surface area (Å²) >= 11 is 5.86. The van der Waals surface area contributed by atoms with Gasteiger partial charge in [-0.1, -0.05) is 23.7 Å². The Balaban J connectivity index is 1.34. The van der Waals surface area contributed by atoms with Crippen molar-refractivity contribution in [1.82, 2.24) is 20.2 Å². The smallest absolute Gasteiger partial charge is 0.257 e. The summed E-state index contributed by atoms with van der Waals surface area (Å²) < 4.78 is 38.5. The number of carbonyl (C=O) groups is 1. The van der Waals surface area contributed by atoms with E-state index >= 15 is 0 Å². The molecule has 0 spiro atoms. The first-order chi connectivity index (χ1) is 17.4. The minimum atomic E-state index is -0.705. The quantitative estimate of drug-likeness (QED) is 0.420. The third-order valence-electron chi connectivity index (χ3n) is 5.76. The van der Waals surface area contributed by atoms with E-state index in [1.165, 1.54) is 6.20 Å². The Bertz CT molecular complexity index is 1210. The third-order valence-corrected chi connectivity index (χ3v) is 6.17. The van der Waals surface area contributed by atoms with E-state index in [0.29, 0.717) is 23.4 Å². The fourth-order valence-corrected chi connectivity index (χ4v) is 3.97. The number of anilines is 1. The van der Waals surface area contributed by atoms with E-state index in [1.807, 2.05) is 0 Å². The molecule has 8 nitrogen and oxygen atoms in total. The predicted octanol–water partition coefficient (Wildman–Crippen LogP) is 3.34. The highest BCUT2D eigenvalue weighted by molar-refractivity contribution is 6.31. The van der Waals surface area contributed by atoms with Crippen molar-refractivity contribution >= 4 is 23.3 Å². The van der Waals surface area contributed by atoms with Crippen LogP contribution >= 0.6 is 11.6 Å². The van der Waals surface area contributed by atoms with Crippen molar-refractivity contribution in [2.45, 2.75) is 6.42 Å². The number of halogens is 3. The number of hydrogen-bond acceptors (Lipinski definition) is 7. The molecule has 190 valence electrons. The van der Waals surface area contributed by atoms with Gasteiger partial charge in [-0.2, -0.15) is 0 Å². The third kappa shape index (κ3) is 6.45. The van der Waals surface area contributed by atoms with Gasteiger partial charge < -0.3 is 20.5 Å². The van der Waals surface area contributed by atoms with Crippen molar-refractivity contribution in [2.24, 2.45) is 0 Å². The fourth-order valence-electron chi connectivity index (χ4n) is 3.72. The molecule has 2 aromatic carbocycles. The van der Waals surface area contributed by atoms with Gasteiger partial charge in [0.25, 0.3) is 11.8 Å². The van der Waals surface area contributed by atoms with Crippen molar-refractivity contribution in [2.75, 3.05) is 51.7 Å². The largest absolute Gasteiger partial charge is 0.475 e. The van der Waals surface area contributed by atoms with E-state index in [1.54, 1.807) is 24.3 Å². The normalized spacial score (nSPS) is 14.0. The van der Waals surface area contributed by atoms with Gasteiger partial charge in [-0.15, -0.1) is 0 Å². The van der Waals surface area contributed by atoms with E-state index in [4.69, 9.17) is 26.8 Å². The summed E-state index contributed by atoms with van der Waals surface area (Å²) in [5.41, 5.74) is 7.59. The summed E-state index contributed by atoms with van der Waals surface area (Å²) in [6, 6.07) is 8.89. The minimum Gasteiger partial charge on any atom is -0.475 e. The van der Waals surface area contributed by atoms with Gasteiger partial charge in [0, 0.05) is 49.3 Å². The summed E-state index contributed by atoms with van der Waals surface area (Å²) in [7, 11) is 0. The maximum absolute atomic E-state index is 14.0. The molecule has 3 N–H and O–H groups in total. The van der Waals surface area contributed by atoms with E-state index < -0.39 is 11.6 Å². The van der Waals surface area contributed by atoms with Crippen molar-refractivity contribution in [3.8, 4) is 17.1 Å². The molecule has 0 saturated carbocycles. The number of nitrogens with one attached hydrogen (secondary N) is 1. The molecule has 1 fully saturated rings. The molecule has 1 aliphatic rings. The van der Waals surface area contributed by atoms with Gasteiger partial charge in [0.15, 0.2) is 5.82 Å². The minimum absolute atomic E-state index is 0.0122. The average Bonchev–Trinajstić information content (AvgIpc) is 2.90. The number of ether oxygens (including phenoxy) is 2. The van der Waals surface area contributed by atoms with Crippen molar-refractivity contribution in [3.05, 3.63) is 70.4 Å². The molecule has 2 heterocycles. The topological polar surface area (TPSA) is 103 Å². The number of rotatable bonds is 9. The second-order valence-electron chi connectivity index (χ2n) is 8.15. The Morgan fingerprint density at radius 3 is 2.61 bits per heavy atom. The van der Waals surface area contributed by atoms with Crippen LogP contribution in [0.1, 0.15) is 15.9 Å². The van der Waals surface area contributed by atoms with Crippen molar-refractivity contribution in [3.63, 3.8) is 0 Å². The van der Waals surface area contributed by atoms with Crippen LogP contribution < -0.4 is 15.8 Å². The molecular formula is C25H26ClF2N5O3. The molecule has 0 unspecified atom stereocenters. The monoisotopic (exact) mass is 517 g/mol. The zero-order valence-electron chi connectivity index (χ0n) is 19.5. The van der Waals surface area contributed by atoms with Gasteiger partial charge in [-0.3, -0.25) is 9.69 Å². The summed E-state index contributed by atoms with van der Waals surface area (Å²) in [6.07, 6.45) is 1.51. The van der Waals surface area contributed by atoms with Crippen LogP contribution in [-0.2, 0) is 11.2 Å². The maximum Gasteiger partial charge on any atom is 0.257 e. The average molecular weight is 518 g/mol. The molecule has 4 rings (SSSR count). The molecule has 0 aliphatic carbocycles. The lowest BCUT2D eigenvalue weighted by molar-refractivity contribution is 0.0383. The molecular weight excluding hydrogens is 492 g/mol. The second kappa shape index (κ2) is 12.1. The molecule has 1 aromatic heterocycles. The number of carbonyl (C=O) groups excluding carboxylic acids is 1. The van der Waals surface area contributed by atoms with Gasteiger partial charge in [0.05, 0.1) is 36.7 Å². The van der Waals surface area contributed by atoms with Gasteiger partial charge >= 0.3 is 0 Å². The summed E-state index contributed by atoms with van der Waals surface area (Å²) in [5.74, 6) is -1.37. The first-order valence-electron chi connectivity index (χ1n) is 11.5. The first-order valence-corrected chi connectivity index (χ1v) is 11.9. The van der Waals surface area contributed by atoms with Crippen LogP contribution in [-0.4, -0.2) is 66.8 Å². The highest BCUT2D eigenvalue weighted by Gasteiger charge is 2.15. The second-order valence-corrected chi connectivity index (χ2v) is 8.53. The SMILES string of the molecule is Nc1ncc(-c2ccc(C(=O)NCCN3CCOCC3)cc2)nc1OCCc1c(F)ccc(F)c1Cl.